The number of carbonyl (C=O) groups excluding carboxylic acids is 2. The van der Waals surface area contributed by atoms with Crippen molar-refractivity contribution >= 4 is 29.0 Å². The van der Waals surface area contributed by atoms with Gasteiger partial charge in [-0.3, -0.25) is 9.78 Å². The largest absolute Gasteiger partial charge is 0.345 e. The third-order valence-corrected chi connectivity index (χ3v) is 5.58. The van der Waals surface area contributed by atoms with Crippen molar-refractivity contribution in [1.29, 1.82) is 0 Å². The van der Waals surface area contributed by atoms with Crippen molar-refractivity contribution in [3.05, 3.63) is 84.2 Å². The third-order valence-electron chi connectivity index (χ3n) is 5.58. The Bertz CT molecular complexity index is 1130. The lowest BCUT2D eigenvalue weighted by molar-refractivity contribution is 0.0671. The van der Waals surface area contributed by atoms with Crippen LogP contribution in [0.1, 0.15) is 10.4 Å². The van der Waals surface area contributed by atoms with Crippen molar-refractivity contribution in [1.82, 2.24) is 14.8 Å². The van der Waals surface area contributed by atoms with Crippen LogP contribution in [0.4, 0.5) is 30.6 Å². The molecule has 0 aliphatic carbocycles. The molecule has 3 amide bonds. The first-order valence-electron chi connectivity index (χ1n) is 10.5. The average molecular weight is 451 g/mol. The molecule has 2 heterocycles. The van der Waals surface area contributed by atoms with E-state index in [1.807, 2.05) is 36.2 Å². The summed E-state index contributed by atoms with van der Waals surface area (Å²) in [5.74, 6) is -2.10. The van der Waals surface area contributed by atoms with Gasteiger partial charge in [0.1, 0.15) is 0 Å². The number of halogens is 2. The molecule has 1 N–H and O–H groups in total. The molecule has 4 rings (SSSR count). The van der Waals surface area contributed by atoms with Gasteiger partial charge in [0.25, 0.3) is 5.91 Å². The molecular formula is C24H23F2N5O2. The second-order valence-corrected chi connectivity index (χ2v) is 7.65. The maximum absolute atomic E-state index is 13.3. The molecule has 0 atom stereocenters. The van der Waals surface area contributed by atoms with Crippen LogP contribution in [0.3, 0.4) is 0 Å². The Hall–Kier alpha value is -4.01. The van der Waals surface area contributed by atoms with Crippen LogP contribution in [0.15, 0.2) is 67.0 Å². The van der Waals surface area contributed by atoms with Gasteiger partial charge in [0.15, 0.2) is 11.6 Å². The fourth-order valence-electron chi connectivity index (χ4n) is 3.62. The van der Waals surface area contributed by atoms with E-state index in [1.165, 1.54) is 11.0 Å². The number of nitrogens with zero attached hydrogens (tertiary/aromatic N) is 4. The van der Waals surface area contributed by atoms with Crippen molar-refractivity contribution in [2.75, 3.05) is 43.4 Å². The summed E-state index contributed by atoms with van der Waals surface area (Å²) in [7, 11) is 1.94. The summed E-state index contributed by atoms with van der Waals surface area (Å²) in [6.07, 6.45) is 3.45. The third kappa shape index (κ3) is 5.08. The Labute approximate surface area is 190 Å². The summed E-state index contributed by atoms with van der Waals surface area (Å²) in [5, 5.41) is 2.55. The molecule has 1 fully saturated rings. The highest BCUT2D eigenvalue weighted by Crippen LogP contribution is 2.23. The van der Waals surface area contributed by atoms with E-state index in [0.717, 1.165) is 23.5 Å². The predicted molar refractivity (Wildman–Crippen MR) is 122 cm³/mol. The molecule has 3 aromatic rings. The van der Waals surface area contributed by atoms with Crippen LogP contribution in [0.25, 0.3) is 0 Å². The van der Waals surface area contributed by atoms with E-state index in [0.29, 0.717) is 31.7 Å². The summed E-state index contributed by atoms with van der Waals surface area (Å²) in [6, 6.07) is 13.9. The summed E-state index contributed by atoms with van der Waals surface area (Å²) in [4.78, 5) is 34.6. The van der Waals surface area contributed by atoms with E-state index in [1.54, 1.807) is 29.4 Å². The quantitative estimate of drug-likeness (QED) is 0.648. The Balaban J connectivity index is 1.32. The molecule has 33 heavy (non-hydrogen) atoms. The van der Waals surface area contributed by atoms with E-state index in [-0.39, 0.29) is 11.6 Å². The van der Waals surface area contributed by atoms with Crippen molar-refractivity contribution in [3.63, 3.8) is 0 Å². The van der Waals surface area contributed by atoms with E-state index in [2.05, 4.69) is 10.3 Å². The van der Waals surface area contributed by atoms with Gasteiger partial charge >= 0.3 is 6.03 Å². The highest BCUT2D eigenvalue weighted by molar-refractivity contribution is 5.95. The van der Waals surface area contributed by atoms with Gasteiger partial charge in [-0.25, -0.2) is 13.6 Å². The second-order valence-electron chi connectivity index (χ2n) is 7.65. The van der Waals surface area contributed by atoms with Crippen LogP contribution < -0.4 is 10.2 Å². The summed E-state index contributed by atoms with van der Waals surface area (Å²) in [6.45, 7) is 1.43. The Morgan fingerprint density at radius 2 is 1.45 bits per heavy atom. The number of hydrogen-bond acceptors (Lipinski definition) is 4. The number of hydrogen-bond donors (Lipinski definition) is 1. The lowest BCUT2D eigenvalue weighted by Gasteiger charge is -2.34. The zero-order valence-corrected chi connectivity index (χ0v) is 18.0. The lowest BCUT2D eigenvalue weighted by atomic mass is 10.1. The first-order chi connectivity index (χ1) is 15.9. The zero-order valence-electron chi connectivity index (χ0n) is 18.0. The number of rotatable bonds is 4. The maximum Gasteiger partial charge on any atom is 0.321 e. The highest BCUT2D eigenvalue weighted by atomic mass is 19.2. The van der Waals surface area contributed by atoms with Gasteiger partial charge < -0.3 is 20.0 Å². The number of benzene rings is 2. The normalized spacial score (nSPS) is 13.5. The minimum Gasteiger partial charge on any atom is -0.345 e. The molecule has 2 aromatic carbocycles. The molecule has 0 saturated carbocycles. The molecule has 1 aliphatic rings. The van der Waals surface area contributed by atoms with Gasteiger partial charge in [-0.15, -0.1) is 0 Å². The predicted octanol–water partition coefficient (Wildman–Crippen LogP) is 4.12. The van der Waals surface area contributed by atoms with Crippen molar-refractivity contribution in [2.45, 2.75) is 0 Å². The average Bonchev–Trinajstić information content (AvgIpc) is 2.86. The zero-order chi connectivity index (χ0) is 23.4. The molecular weight excluding hydrogens is 428 g/mol. The van der Waals surface area contributed by atoms with Crippen molar-refractivity contribution in [3.8, 4) is 0 Å². The number of nitrogens with one attached hydrogen (secondary N) is 1. The van der Waals surface area contributed by atoms with Gasteiger partial charge in [0, 0.05) is 74.3 Å². The molecule has 170 valence electrons. The molecule has 0 radical (unpaired) electrons. The van der Waals surface area contributed by atoms with E-state index >= 15 is 0 Å². The van der Waals surface area contributed by atoms with Crippen LogP contribution in [0.2, 0.25) is 0 Å². The Morgan fingerprint density at radius 1 is 0.848 bits per heavy atom. The molecule has 0 unspecified atom stereocenters. The van der Waals surface area contributed by atoms with E-state index in [9.17, 15) is 18.4 Å². The van der Waals surface area contributed by atoms with E-state index in [4.69, 9.17) is 0 Å². The molecule has 1 aliphatic heterocycles. The standard InChI is InChI=1S/C24H23F2N5O2/c1-29(20-8-10-27-11-9-20)19-5-2-17(3-6-19)23(32)30-12-14-31(15-13-30)24(33)28-18-4-7-21(25)22(26)16-18/h2-11,16H,12-15H2,1H3,(H,28,33). The first kappa shape index (κ1) is 22.2. The molecule has 0 spiro atoms. The molecule has 0 bridgehead atoms. The van der Waals surface area contributed by atoms with Crippen LogP contribution in [-0.4, -0.2) is 59.9 Å². The Kier molecular flexibility index (Phi) is 6.48. The summed E-state index contributed by atoms with van der Waals surface area (Å²) in [5.41, 5.74) is 2.68. The van der Waals surface area contributed by atoms with Gasteiger partial charge in [-0.1, -0.05) is 0 Å². The lowest BCUT2D eigenvalue weighted by Crippen LogP contribution is -2.51. The summed E-state index contributed by atoms with van der Waals surface area (Å²) < 4.78 is 26.4. The topological polar surface area (TPSA) is 68.8 Å². The molecule has 1 saturated heterocycles. The van der Waals surface area contributed by atoms with Gasteiger partial charge in [0.2, 0.25) is 0 Å². The van der Waals surface area contributed by atoms with Crippen LogP contribution in [-0.2, 0) is 0 Å². The van der Waals surface area contributed by atoms with Gasteiger partial charge in [0.05, 0.1) is 0 Å². The monoisotopic (exact) mass is 451 g/mol. The van der Waals surface area contributed by atoms with E-state index < -0.39 is 17.7 Å². The highest BCUT2D eigenvalue weighted by Gasteiger charge is 2.25. The minimum atomic E-state index is -1.03. The van der Waals surface area contributed by atoms with Crippen LogP contribution in [0.5, 0.6) is 0 Å². The minimum absolute atomic E-state index is 0.103. The molecule has 1 aromatic heterocycles. The van der Waals surface area contributed by atoms with Gasteiger partial charge in [-0.2, -0.15) is 0 Å². The molecule has 7 nitrogen and oxygen atoms in total. The fraction of sp³-hybridized carbons (Fsp3) is 0.208. The fourth-order valence-corrected chi connectivity index (χ4v) is 3.62. The van der Waals surface area contributed by atoms with Crippen LogP contribution >= 0.6 is 0 Å². The van der Waals surface area contributed by atoms with Crippen LogP contribution in [0, 0.1) is 11.6 Å². The number of amides is 3. The Morgan fingerprint density at radius 3 is 2.09 bits per heavy atom. The molecule has 9 heteroatoms. The number of aromatic nitrogens is 1. The SMILES string of the molecule is CN(c1ccncc1)c1ccc(C(=O)N2CCN(C(=O)Nc3ccc(F)c(F)c3)CC2)cc1. The smallest absolute Gasteiger partial charge is 0.321 e. The number of piperazine rings is 1. The number of urea groups is 1. The number of anilines is 3. The van der Waals surface area contributed by atoms with Crippen molar-refractivity contribution < 1.29 is 18.4 Å². The van der Waals surface area contributed by atoms with Gasteiger partial charge in [-0.05, 0) is 48.5 Å². The maximum atomic E-state index is 13.3. The first-order valence-corrected chi connectivity index (χ1v) is 10.5. The second kappa shape index (κ2) is 9.64. The number of pyridine rings is 1. The number of carbonyl (C=O) groups is 2. The van der Waals surface area contributed by atoms with Crippen molar-refractivity contribution in [2.24, 2.45) is 0 Å². The summed E-state index contributed by atoms with van der Waals surface area (Å²) >= 11 is 0.